The van der Waals surface area contributed by atoms with Crippen LogP contribution in [0.4, 0.5) is 0 Å². The molecule has 0 unspecified atom stereocenters. The maximum atomic E-state index is 11.8. The largest absolute Gasteiger partial charge is 0.504 e. The predicted molar refractivity (Wildman–Crippen MR) is 69.1 cm³/mol. The molecule has 0 amide bonds. The number of rotatable bonds is 5. The zero-order valence-electron chi connectivity index (χ0n) is 11.4. The lowest BCUT2D eigenvalue weighted by atomic mass is 9.93. The van der Waals surface area contributed by atoms with Crippen LogP contribution in [0.1, 0.15) is 20.3 Å². The zero-order valence-corrected chi connectivity index (χ0v) is 11.4. The molecule has 0 fully saturated rings. The number of allylic oxidation sites excluding steroid dienone is 2. The fraction of sp³-hybridized carbons (Fsp3) is 0.429. The molecule has 0 saturated carbocycles. The fourth-order valence-electron chi connectivity index (χ4n) is 1.67. The van der Waals surface area contributed by atoms with Gasteiger partial charge in [0.15, 0.2) is 0 Å². The van der Waals surface area contributed by atoms with Crippen molar-refractivity contribution >= 4 is 11.9 Å². The highest BCUT2D eigenvalue weighted by Gasteiger charge is 2.23. The molecule has 1 aliphatic carbocycles. The summed E-state index contributed by atoms with van der Waals surface area (Å²) in [5, 5.41) is 0. The van der Waals surface area contributed by atoms with Crippen molar-refractivity contribution in [2.75, 3.05) is 20.3 Å². The fourth-order valence-corrected chi connectivity index (χ4v) is 1.67. The van der Waals surface area contributed by atoms with Gasteiger partial charge in [-0.15, -0.1) is 0 Å². The smallest absolute Gasteiger partial charge is 0.338 e. The van der Waals surface area contributed by atoms with Crippen molar-refractivity contribution in [3.63, 3.8) is 0 Å². The Kier molecular flexibility index (Phi) is 5.85. The van der Waals surface area contributed by atoms with Crippen molar-refractivity contribution in [3.05, 3.63) is 35.1 Å². The molecular weight excluding hydrogens is 248 g/mol. The van der Waals surface area contributed by atoms with Crippen LogP contribution in [0.5, 0.6) is 0 Å². The standard InChI is InChI=1S/C14H18O5/c1-4-18-13(15)10-6-7-12(14(16)19-5-2)11(8-10)9-17-3/h6-7,9H,4-5,8H2,1-3H3. The second kappa shape index (κ2) is 7.41. The van der Waals surface area contributed by atoms with Gasteiger partial charge in [0.2, 0.25) is 0 Å². The molecule has 1 rings (SSSR count). The lowest BCUT2D eigenvalue weighted by molar-refractivity contribution is -0.139. The second-order valence-electron chi connectivity index (χ2n) is 3.77. The first-order valence-corrected chi connectivity index (χ1v) is 6.11. The highest BCUT2D eigenvalue weighted by atomic mass is 16.5. The Morgan fingerprint density at radius 3 is 2.37 bits per heavy atom. The van der Waals surface area contributed by atoms with Crippen LogP contribution in [0.15, 0.2) is 35.1 Å². The van der Waals surface area contributed by atoms with Crippen LogP contribution in [-0.4, -0.2) is 32.3 Å². The molecule has 1 aliphatic rings. The first-order valence-electron chi connectivity index (χ1n) is 6.11. The third kappa shape index (κ3) is 3.98. The van der Waals surface area contributed by atoms with Gasteiger partial charge in [-0.25, -0.2) is 9.59 Å². The number of hydrogen-bond donors (Lipinski definition) is 0. The number of ether oxygens (including phenoxy) is 3. The monoisotopic (exact) mass is 266 g/mol. The van der Waals surface area contributed by atoms with Gasteiger partial charge < -0.3 is 14.2 Å². The van der Waals surface area contributed by atoms with Crippen molar-refractivity contribution in [2.24, 2.45) is 0 Å². The molecule has 0 N–H and O–H groups in total. The average Bonchev–Trinajstić information content (AvgIpc) is 2.39. The Morgan fingerprint density at radius 2 is 1.79 bits per heavy atom. The summed E-state index contributed by atoms with van der Waals surface area (Å²) in [7, 11) is 1.48. The normalized spacial score (nSPS) is 16.5. The van der Waals surface area contributed by atoms with Crippen molar-refractivity contribution in [1.82, 2.24) is 0 Å². The topological polar surface area (TPSA) is 61.8 Å². The van der Waals surface area contributed by atoms with Gasteiger partial charge in [-0.2, -0.15) is 0 Å². The number of methoxy groups -OCH3 is 1. The van der Waals surface area contributed by atoms with Crippen molar-refractivity contribution < 1.29 is 23.8 Å². The summed E-state index contributed by atoms with van der Waals surface area (Å²) in [4.78, 5) is 23.4. The Morgan fingerprint density at radius 1 is 1.16 bits per heavy atom. The van der Waals surface area contributed by atoms with Crippen LogP contribution < -0.4 is 0 Å². The molecule has 0 aliphatic heterocycles. The second-order valence-corrected chi connectivity index (χ2v) is 3.77. The van der Waals surface area contributed by atoms with Gasteiger partial charge in [0.1, 0.15) is 0 Å². The van der Waals surface area contributed by atoms with Crippen LogP contribution in [-0.2, 0) is 23.8 Å². The number of esters is 2. The minimum absolute atomic E-state index is 0.289. The minimum atomic E-state index is -0.426. The molecule has 0 saturated heterocycles. The number of carbonyl (C=O) groups is 2. The number of carbonyl (C=O) groups excluding carboxylic acids is 2. The molecule has 0 heterocycles. The summed E-state index contributed by atoms with van der Waals surface area (Å²) in [6.07, 6.45) is 4.86. The van der Waals surface area contributed by atoms with E-state index in [1.54, 1.807) is 26.0 Å². The maximum absolute atomic E-state index is 11.8. The van der Waals surface area contributed by atoms with Gasteiger partial charge in [0.05, 0.1) is 32.2 Å². The van der Waals surface area contributed by atoms with E-state index in [1.807, 2.05) is 0 Å². The SMILES string of the molecule is CCOC(=O)C1=CC=C(C(=O)OCC)C(=COC)C1. The predicted octanol–water partition coefficient (Wildman–Crippen LogP) is 1.90. The molecule has 0 aromatic rings. The highest BCUT2D eigenvalue weighted by molar-refractivity contribution is 5.97. The molecule has 0 aromatic heterocycles. The molecule has 19 heavy (non-hydrogen) atoms. The van der Waals surface area contributed by atoms with Crippen LogP contribution in [0.2, 0.25) is 0 Å². The van der Waals surface area contributed by atoms with Gasteiger partial charge in [0, 0.05) is 17.6 Å². The Bertz CT molecular complexity index is 443. The average molecular weight is 266 g/mol. The zero-order chi connectivity index (χ0) is 14.3. The molecule has 5 nitrogen and oxygen atoms in total. The van der Waals surface area contributed by atoms with E-state index in [1.165, 1.54) is 13.4 Å². The molecule has 0 spiro atoms. The van der Waals surface area contributed by atoms with Gasteiger partial charge in [-0.05, 0) is 19.9 Å². The Hall–Kier alpha value is -2.04. The van der Waals surface area contributed by atoms with Crippen LogP contribution in [0.25, 0.3) is 0 Å². The summed E-state index contributed by atoms with van der Waals surface area (Å²) >= 11 is 0. The molecule has 104 valence electrons. The maximum Gasteiger partial charge on any atom is 0.338 e. The Balaban J connectivity index is 2.98. The first kappa shape index (κ1) is 15.0. The van der Waals surface area contributed by atoms with E-state index in [0.29, 0.717) is 29.9 Å². The third-order valence-corrected chi connectivity index (χ3v) is 2.47. The van der Waals surface area contributed by atoms with Crippen molar-refractivity contribution in [1.29, 1.82) is 0 Å². The van der Waals surface area contributed by atoms with E-state index >= 15 is 0 Å². The van der Waals surface area contributed by atoms with Gasteiger partial charge in [-0.1, -0.05) is 6.08 Å². The van der Waals surface area contributed by atoms with E-state index < -0.39 is 5.97 Å². The Labute approximate surface area is 112 Å². The van der Waals surface area contributed by atoms with E-state index in [2.05, 4.69) is 0 Å². The van der Waals surface area contributed by atoms with E-state index in [-0.39, 0.29) is 12.4 Å². The quantitative estimate of drug-likeness (QED) is 0.562. The highest BCUT2D eigenvalue weighted by Crippen LogP contribution is 2.26. The van der Waals surface area contributed by atoms with Gasteiger partial charge in [0.25, 0.3) is 0 Å². The molecule has 5 heteroatoms. The van der Waals surface area contributed by atoms with Crippen LogP contribution in [0.3, 0.4) is 0 Å². The summed E-state index contributed by atoms with van der Waals surface area (Å²) in [5.74, 6) is -0.811. The molecule has 0 atom stereocenters. The minimum Gasteiger partial charge on any atom is -0.504 e. The molecule has 0 radical (unpaired) electrons. The summed E-state index contributed by atoms with van der Waals surface area (Å²) in [6.45, 7) is 4.09. The summed E-state index contributed by atoms with van der Waals surface area (Å²) < 4.78 is 14.8. The molecule has 0 aromatic carbocycles. The van der Waals surface area contributed by atoms with E-state index in [0.717, 1.165) is 0 Å². The van der Waals surface area contributed by atoms with E-state index in [4.69, 9.17) is 14.2 Å². The lowest BCUT2D eigenvalue weighted by Crippen LogP contribution is -2.16. The number of hydrogen-bond acceptors (Lipinski definition) is 5. The first-order chi connectivity index (χ1) is 9.13. The van der Waals surface area contributed by atoms with E-state index in [9.17, 15) is 9.59 Å². The van der Waals surface area contributed by atoms with Crippen LogP contribution >= 0.6 is 0 Å². The molecular formula is C14H18O5. The van der Waals surface area contributed by atoms with Crippen molar-refractivity contribution in [3.8, 4) is 0 Å². The lowest BCUT2D eigenvalue weighted by Gasteiger charge is -2.16. The summed E-state index contributed by atoms with van der Waals surface area (Å²) in [5.41, 5.74) is 1.49. The van der Waals surface area contributed by atoms with Crippen molar-refractivity contribution in [2.45, 2.75) is 20.3 Å². The summed E-state index contributed by atoms with van der Waals surface area (Å²) in [6, 6.07) is 0. The molecule has 0 bridgehead atoms. The van der Waals surface area contributed by atoms with Gasteiger partial charge in [-0.3, -0.25) is 0 Å². The van der Waals surface area contributed by atoms with Crippen LogP contribution in [0, 0.1) is 0 Å². The van der Waals surface area contributed by atoms with Gasteiger partial charge >= 0.3 is 11.9 Å². The third-order valence-electron chi connectivity index (χ3n) is 2.47.